The molecule has 3 aromatic rings. The van der Waals surface area contributed by atoms with Gasteiger partial charge in [-0.1, -0.05) is 18.2 Å². The first-order valence-electron chi connectivity index (χ1n) is 6.37. The molecule has 2 aromatic heterocycles. The summed E-state index contributed by atoms with van der Waals surface area (Å²) in [5.41, 5.74) is 0.518. The lowest BCUT2D eigenvalue weighted by atomic mass is 10.3. The highest BCUT2D eigenvalue weighted by Gasteiger charge is 2.23. The summed E-state index contributed by atoms with van der Waals surface area (Å²) in [4.78, 5) is 14.9. The zero-order valence-corrected chi connectivity index (χ0v) is 14.4. The second-order valence-corrected chi connectivity index (χ2v) is 7.51. The van der Waals surface area contributed by atoms with Crippen molar-refractivity contribution in [1.29, 1.82) is 0 Å². The van der Waals surface area contributed by atoms with Gasteiger partial charge in [-0.15, -0.1) is 0 Å². The molecule has 0 saturated heterocycles. The predicted octanol–water partition coefficient (Wildman–Crippen LogP) is 2.97. The molecule has 3 rings (SSSR count). The second-order valence-electron chi connectivity index (χ2n) is 4.62. The van der Waals surface area contributed by atoms with E-state index in [0.717, 1.165) is 3.97 Å². The molecule has 0 spiro atoms. The Bertz CT molecular complexity index is 1000. The number of aromatic nitrogens is 2. The molecule has 0 aliphatic carbocycles. The molecule has 0 fully saturated rings. The van der Waals surface area contributed by atoms with Gasteiger partial charge < -0.3 is 5.11 Å². The van der Waals surface area contributed by atoms with Gasteiger partial charge >= 0.3 is 6.09 Å². The molecule has 2 N–H and O–H groups in total. The number of hydrogen-bond donors (Lipinski definition) is 2. The van der Waals surface area contributed by atoms with Crippen molar-refractivity contribution in [1.82, 2.24) is 8.96 Å². The minimum absolute atomic E-state index is 0.157. The van der Waals surface area contributed by atoms with Crippen molar-refractivity contribution in [2.24, 2.45) is 0 Å². The molecule has 0 atom stereocenters. The second kappa shape index (κ2) is 5.81. The van der Waals surface area contributed by atoms with Crippen LogP contribution < -0.4 is 5.32 Å². The molecule has 9 heteroatoms. The van der Waals surface area contributed by atoms with E-state index in [4.69, 9.17) is 5.11 Å². The van der Waals surface area contributed by atoms with Gasteiger partial charge in [-0.2, -0.15) is 0 Å². The van der Waals surface area contributed by atoms with Crippen LogP contribution in [0.1, 0.15) is 0 Å². The fourth-order valence-electron chi connectivity index (χ4n) is 2.16. The fourth-order valence-corrected chi connectivity index (χ4v) is 4.87. The van der Waals surface area contributed by atoms with Crippen molar-refractivity contribution >= 4 is 55.4 Å². The number of carboxylic acid groups (broad SMARTS) is 1. The Morgan fingerprint density at radius 3 is 2.57 bits per heavy atom. The van der Waals surface area contributed by atoms with Gasteiger partial charge in [0.1, 0.15) is 0 Å². The molecule has 23 heavy (non-hydrogen) atoms. The number of hydrogen-bond acceptors (Lipinski definition) is 4. The van der Waals surface area contributed by atoms with Crippen molar-refractivity contribution in [3.8, 4) is 0 Å². The van der Waals surface area contributed by atoms with Gasteiger partial charge in [0.05, 0.1) is 20.5 Å². The van der Waals surface area contributed by atoms with Gasteiger partial charge in [-0.3, -0.25) is 5.32 Å². The van der Waals surface area contributed by atoms with Gasteiger partial charge in [0, 0.05) is 5.39 Å². The summed E-state index contributed by atoms with van der Waals surface area (Å²) < 4.78 is 27.2. The summed E-state index contributed by atoms with van der Waals surface area (Å²) >= 11 is 1.91. The van der Waals surface area contributed by atoms with E-state index in [2.05, 4.69) is 10.3 Å². The van der Waals surface area contributed by atoms with Gasteiger partial charge in [0.15, 0.2) is 5.65 Å². The number of benzene rings is 1. The molecule has 2 heterocycles. The lowest BCUT2D eigenvalue weighted by Gasteiger charge is -2.08. The van der Waals surface area contributed by atoms with E-state index in [9.17, 15) is 13.2 Å². The molecule has 118 valence electrons. The third kappa shape index (κ3) is 2.88. The summed E-state index contributed by atoms with van der Waals surface area (Å²) in [5.74, 6) is 0. The lowest BCUT2D eigenvalue weighted by molar-refractivity contribution is 0.209. The number of fused-ring (bicyclic) bond motifs is 1. The highest BCUT2D eigenvalue weighted by Crippen LogP contribution is 2.27. The van der Waals surface area contributed by atoms with Crippen LogP contribution in [0.3, 0.4) is 0 Å². The number of nitrogens with zero attached hydrogens (tertiary/aromatic N) is 2. The van der Waals surface area contributed by atoms with Gasteiger partial charge in [0.2, 0.25) is 0 Å². The molecule has 1 amide bonds. The number of carbonyl (C=O) groups is 1. The Labute approximate surface area is 145 Å². The zero-order chi connectivity index (χ0) is 16.6. The normalized spacial score (nSPS) is 11.5. The van der Waals surface area contributed by atoms with Crippen molar-refractivity contribution in [3.05, 3.63) is 52.4 Å². The average Bonchev–Trinajstić information content (AvgIpc) is 2.83. The molecule has 0 aliphatic rings. The SMILES string of the molecule is O=C(O)Nc1cnc2c(c1)cc(I)n2S(=O)(=O)c1ccccc1. The monoisotopic (exact) mass is 443 g/mol. The Kier molecular flexibility index (Phi) is 3.98. The quantitative estimate of drug-likeness (QED) is 0.607. The van der Waals surface area contributed by atoms with Crippen molar-refractivity contribution < 1.29 is 18.3 Å². The third-order valence-corrected chi connectivity index (χ3v) is 5.93. The van der Waals surface area contributed by atoms with E-state index in [1.807, 2.05) is 22.6 Å². The van der Waals surface area contributed by atoms with Gasteiger partial charge in [-0.05, 0) is 46.9 Å². The smallest absolute Gasteiger partial charge is 0.409 e. The maximum Gasteiger partial charge on any atom is 0.409 e. The topological polar surface area (TPSA) is 101 Å². The minimum atomic E-state index is -3.78. The number of anilines is 1. The van der Waals surface area contributed by atoms with E-state index >= 15 is 0 Å². The molecular formula is C14H10IN3O4S. The van der Waals surface area contributed by atoms with Crippen LogP contribution >= 0.6 is 22.6 Å². The number of amides is 1. The van der Waals surface area contributed by atoms with Crippen LogP contribution in [0.5, 0.6) is 0 Å². The lowest BCUT2D eigenvalue weighted by Crippen LogP contribution is -2.15. The Hall–Kier alpha value is -2.14. The minimum Gasteiger partial charge on any atom is -0.465 e. The molecule has 7 nitrogen and oxygen atoms in total. The molecule has 0 radical (unpaired) electrons. The number of rotatable bonds is 3. The first-order valence-corrected chi connectivity index (χ1v) is 8.89. The maximum absolute atomic E-state index is 12.8. The predicted molar refractivity (Wildman–Crippen MR) is 93.1 cm³/mol. The van der Waals surface area contributed by atoms with Crippen LogP contribution in [-0.4, -0.2) is 28.6 Å². The first-order chi connectivity index (χ1) is 10.9. The van der Waals surface area contributed by atoms with Crippen LogP contribution in [0.25, 0.3) is 11.0 Å². The highest BCUT2D eigenvalue weighted by molar-refractivity contribution is 14.1. The summed E-state index contributed by atoms with van der Waals surface area (Å²) in [7, 11) is -3.78. The number of nitrogens with one attached hydrogen (secondary N) is 1. The van der Waals surface area contributed by atoms with Crippen LogP contribution in [0.15, 0.2) is 53.6 Å². The fraction of sp³-hybridized carbons (Fsp3) is 0. The van der Waals surface area contributed by atoms with Crippen molar-refractivity contribution in [2.45, 2.75) is 4.90 Å². The summed E-state index contributed by atoms with van der Waals surface area (Å²) in [6, 6.07) is 11.2. The molecular weight excluding hydrogens is 433 g/mol. The van der Waals surface area contributed by atoms with Crippen LogP contribution in [-0.2, 0) is 10.0 Å². The summed E-state index contributed by atoms with van der Waals surface area (Å²) in [5, 5.41) is 11.5. The molecule has 0 bridgehead atoms. The van der Waals surface area contributed by atoms with Crippen molar-refractivity contribution in [3.63, 3.8) is 0 Å². The van der Waals surface area contributed by atoms with E-state index in [1.165, 1.54) is 24.4 Å². The Morgan fingerprint density at radius 2 is 1.91 bits per heavy atom. The standard InChI is InChI=1S/C14H10IN3O4S/c15-12-7-9-6-10(17-14(19)20)8-16-13(9)18(12)23(21,22)11-4-2-1-3-5-11/h1-8,17H,(H,19,20). The summed E-state index contributed by atoms with van der Waals surface area (Å²) in [6.45, 7) is 0. The highest BCUT2D eigenvalue weighted by atomic mass is 127. The zero-order valence-electron chi connectivity index (χ0n) is 11.5. The van der Waals surface area contributed by atoms with E-state index in [0.29, 0.717) is 9.09 Å². The van der Waals surface area contributed by atoms with Crippen molar-refractivity contribution in [2.75, 3.05) is 5.32 Å². The summed E-state index contributed by atoms with van der Waals surface area (Å²) in [6.07, 6.45) is 0.0704. The number of pyridine rings is 1. The van der Waals surface area contributed by atoms with E-state index in [1.54, 1.807) is 24.3 Å². The first kappa shape index (κ1) is 15.7. The average molecular weight is 443 g/mol. The van der Waals surface area contributed by atoms with Crippen LogP contribution in [0.4, 0.5) is 10.5 Å². The van der Waals surface area contributed by atoms with Gasteiger partial charge in [-0.25, -0.2) is 22.2 Å². The molecule has 0 aliphatic heterocycles. The van der Waals surface area contributed by atoms with Crippen LogP contribution in [0, 0.1) is 3.70 Å². The molecule has 0 unspecified atom stereocenters. The van der Waals surface area contributed by atoms with Crippen LogP contribution in [0.2, 0.25) is 0 Å². The molecule has 0 saturated carbocycles. The van der Waals surface area contributed by atoms with Gasteiger partial charge in [0.25, 0.3) is 10.0 Å². The Balaban J connectivity index is 2.19. The van der Waals surface area contributed by atoms with E-state index in [-0.39, 0.29) is 16.2 Å². The molecule has 1 aromatic carbocycles. The van der Waals surface area contributed by atoms with E-state index < -0.39 is 16.1 Å². The largest absolute Gasteiger partial charge is 0.465 e. The maximum atomic E-state index is 12.8. The third-order valence-electron chi connectivity index (χ3n) is 3.09. The Morgan fingerprint density at radius 1 is 1.22 bits per heavy atom. The number of halogens is 1.